The van der Waals surface area contributed by atoms with Crippen LogP contribution in [0.1, 0.15) is 26.2 Å². The molecular formula is C14H18O. The number of rotatable bonds is 6. The molecule has 1 nitrogen and oxygen atoms in total. The molecule has 0 saturated heterocycles. The van der Waals surface area contributed by atoms with E-state index in [0.717, 1.165) is 12.2 Å². The number of hydrogen-bond donors (Lipinski definition) is 0. The first-order chi connectivity index (χ1) is 7.43. The van der Waals surface area contributed by atoms with Gasteiger partial charge in [0, 0.05) is 0 Å². The van der Waals surface area contributed by atoms with E-state index >= 15 is 0 Å². The van der Waals surface area contributed by atoms with Gasteiger partial charge < -0.3 is 4.74 Å². The minimum absolute atomic E-state index is 0.871. The molecule has 1 rings (SSSR count). The highest BCUT2D eigenvalue weighted by atomic mass is 16.5. The Morgan fingerprint density at radius 2 is 1.93 bits per heavy atom. The Labute approximate surface area is 92.1 Å². The molecule has 0 aliphatic rings. The first-order valence-corrected chi connectivity index (χ1v) is 5.47. The third-order valence-corrected chi connectivity index (χ3v) is 2.00. The second kappa shape index (κ2) is 7.86. The summed E-state index contributed by atoms with van der Waals surface area (Å²) < 4.78 is 5.38. The third kappa shape index (κ3) is 5.74. The van der Waals surface area contributed by atoms with Crippen LogP contribution < -0.4 is 4.74 Å². The van der Waals surface area contributed by atoms with Crippen molar-refractivity contribution in [3.8, 4) is 5.75 Å². The number of para-hydroxylation sites is 1. The summed E-state index contributed by atoms with van der Waals surface area (Å²) in [5.74, 6) is 0.871. The molecule has 1 aromatic rings. The second-order valence-electron chi connectivity index (χ2n) is 3.33. The van der Waals surface area contributed by atoms with Crippen LogP contribution in [-0.2, 0) is 0 Å². The smallest absolute Gasteiger partial charge is 0.126 e. The Morgan fingerprint density at radius 1 is 1.13 bits per heavy atom. The maximum atomic E-state index is 5.38. The van der Waals surface area contributed by atoms with Gasteiger partial charge in [0.1, 0.15) is 5.75 Å². The van der Waals surface area contributed by atoms with Crippen LogP contribution in [0.5, 0.6) is 5.75 Å². The quantitative estimate of drug-likeness (QED) is 0.379. The summed E-state index contributed by atoms with van der Waals surface area (Å²) in [6.45, 7) is 2.20. The van der Waals surface area contributed by atoms with E-state index in [1.807, 2.05) is 42.5 Å². The SMILES string of the molecule is CCCC/C=C/C=C/Oc1ccccc1. The number of ether oxygens (including phenoxy) is 1. The zero-order valence-corrected chi connectivity index (χ0v) is 9.23. The average molecular weight is 202 g/mol. The normalized spacial score (nSPS) is 11.3. The van der Waals surface area contributed by atoms with Crippen LogP contribution >= 0.6 is 0 Å². The fraction of sp³-hybridized carbons (Fsp3) is 0.286. The lowest BCUT2D eigenvalue weighted by molar-refractivity contribution is 0.481. The molecule has 80 valence electrons. The number of unbranched alkanes of at least 4 members (excludes halogenated alkanes) is 2. The first-order valence-electron chi connectivity index (χ1n) is 5.47. The van der Waals surface area contributed by atoms with Gasteiger partial charge in [-0.2, -0.15) is 0 Å². The standard InChI is InChI=1S/C14H18O/c1-2-3-4-5-6-10-13-15-14-11-8-7-9-12-14/h5-13H,2-4H2,1H3/b6-5+,13-10+. The van der Waals surface area contributed by atoms with Crippen LogP contribution in [0, 0.1) is 0 Å². The van der Waals surface area contributed by atoms with Gasteiger partial charge in [0.15, 0.2) is 0 Å². The van der Waals surface area contributed by atoms with Crippen LogP contribution in [0.15, 0.2) is 54.8 Å². The third-order valence-electron chi connectivity index (χ3n) is 2.00. The van der Waals surface area contributed by atoms with Gasteiger partial charge >= 0.3 is 0 Å². The van der Waals surface area contributed by atoms with E-state index in [9.17, 15) is 0 Å². The van der Waals surface area contributed by atoms with Gasteiger partial charge in [-0.25, -0.2) is 0 Å². The van der Waals surface area contributed by atoms with Gasteiger partial charge in [0.2, 0.25) is 0 Å². The molecule has 0 atom stereocenters. The molecule has 0 aromatic heterocycles. The van der Waals surface area contributed by atoms with Crippen molar-refractivity contribution in [1.82, 2.24) is 0 Å². The summed E-state index contributed by atoms with van der Waals surface area (Å²) in [6.07, 6.45) is 11.5. The highest BCUT2D eigenvalue weighted by Gasteiger charge is 1.84. The van der Waals surface area contributed by atoms with E-state index < -0.39 is 0 Å². The highest BCUT2D eigenvalue weighted by Crippen LogP contribution is 2.08. The van der Waals surface area contributed by atoms with Crippen LogP contribution in [-0.4, -0.2) is 0 Å². The molecule has 0 aliphatic heterocycles. The zero-order chi connectivity index (χ0) is 10.8. The molecule has 0 saturated carbocycles. The fourth-order valence-corrected chi connectivity index (χ4v) is 1.16. The summed E-state index contributed by atoms with van der Waals surface area (Å²) in [6, 6.07) is 9.76. The summed E-state index contributed by atoms with van der Waals surface area (Å²) in [5, 5.41) is 0. The summed E-state index contributed by atoms with van der Waals surface area (Å²) in [4.78, 5) is 0. The fourth-order valence-electron chi connectivity index (χ4n) is 1.16. The molecule has 0 amide bonds. The van der Waals surface area contributed by atoms with E-state index in [4.69, 9.17) is 4.74 Å². The van der Waals surface area contributed by atoms with E-state index in [-0.39, 0.29) is 0 Å². The maximum Gasteiger partial charge on any atom is 0.126 e. The Morgan fingerprint density at radius 3 is 2.67 bits per heavy atom. The molecule has 0 aliphatic carbocycles. The van der Waals surface area contributed by atoms with Gasteiger partial charge in [0.25, 0.3) is 0 Å². The van der Waals surface area contributed by atoms with Crippen molar-refractivity contribution in [3.05, 3.63) is 54.8 Å². The van der Waals surface area contributed by atoms with E-state index in [0.29, 0.717) is 0 Å². The zero-order valence-electron chi connectivity index (χ0n) is 9.23. The predicted molar refractivity (Wildman–Crippen MR) is 64.9 cm³/mol. The topological polar surface area (TPSA) is 9.23 Å². The monoisotopic (exact) mass is 202 g/mol. The molecule has 0 N–H and O–H groups in total. The first kappa shape index (κ1) is 11.6. The van der Waals surface area contributed by atoms with Crippen LogP contribution in [0.2, 0.25) is 0 Å². The van der Waals surface area contributed by atoms with Crippen molar-refractivity contribution >= 4 is 0 Å². The van der Waals surface area contributed by atoms with Gasteiger partial charge in [-0.05, 0) is 24.6 Å². The van der Waals surface area contributed by atoms with E-state index in [1.165, 1.54) is 12.8 Å². The lowest BCUT2D eigenvalue weighted by atomic mass is 10.2. The van der Waals surface area contributed by atoms with E-state index in [2.05, 4.69) is 13.0 Å². The largest absolute Gasteiger partial charge is 0.465 e. The molecule has 1 aromatic carbocycles. The van der Waals surface area contributed by atoms with Crippen LogP contribution in [0.25, 0.3) is 0 Å². The molecule has 0 spiro atoms. The lowest BCUT2D eigenvalue weighted by Crippen LogP contribution is -1.79. The van der Waals surface area contributed by atoms with Crippen molar-refractivity contribution in [1.29, 1.82) is 0 Å². The Balaban J connectivity index is 2.20. The van der Waals surface area contributed by atoms with Crippen molar-refractivity contribution in [2.24, 2.45) is 0 Å². The molecule has 1 heteroatoms. The molecule has 15 heavy (non-hydrogen) atoms. The van der Waals surface area contributed by atoms with Crippen molar-refractivity contribution < 1.29 is 4.74 Å². The highest BCUT2D eigenvalue weighted by molar-refractivity contribution is 5.22. The molecule has 0 bridgehead atoms. The van der Waals surface area contributed by atoms with Crippen molar-refractivity contribution in [2.45, 2.75) is 26.2 Å². The minimum atomic E-state index is 0.871. The van der Waals surface area contributed by atoms with Crippen molar-refractivity contribution in [3.63, 3.8) is 0 Å². The average Bonchev–Trinajstić information content (AvgIpc) is 2.29. The Hall–Kier alpha value is -1.50. The predicted octanol–water partition coefficient (Wildman–Crippen LogP) is 4.33. The van der Waals surface area contributed by atoms with Crippen LogP contribution in [0.4, 0.5) is 0 Å². The molecule has 0 heterocycles. The maximum absolute atomic E-state index is 5.38. The van der Waals surface area contributed by atoms with E-state index in [1.54, 1.807) is 6.26 Å². The molecular weight excluding hydrogens is 184 g/mol. The number of allylic oxidation sites excluding steroid dienone is 3. The van der Waals surface area contributed by atoms with Gasteiger partial charge in [-0.3, -0.25) is 0 Å². The molecule has 0 radical (unpaired) electrons. The van der Waals surface area contributed by atoms with Gasteiger partial charge in [0.05, 0.1) is 6.26 Å². The minimum Gasteiger partial charge on any atom is -0.465 e. The molecule has 0 fully saturated rings. The lowest BCUT2D eigenvalue weighted by Gasteiger charge is -1.96. The summed E-state index contributed by atoms with van der Waals surface area (Å²) in [7, 11) is 0. The van der Waals surface area contributed by atoms with Crippen LogP contribution in [0.3, 0.4) is 0 Å². The van der Waals surface area contributed by atoms with Crippen molar-refractivity contribution in [2.75, 3.05) is 0 Å². The number of benzene rings is 1. The van der Waals surface area contributed by atoms with Gasteiger partial charge in [-0.1, -0.05) is 50.1 Å². The summed E-state index contributed by atoms with van der Waals surface area (Å²) >= 11 is 0. The Kier molecular flexibility index (Phi) is 6.07. The second-order valence-corrected chi connectivity index (χ2v) is 3.33. The number of hydrogen-bond acceptors (Lipinski definition) is 1. The molecule has 0 unspecified atom stereocenters. The Bertz CT molecular complexity index is 298. The van der Waals surface area contributed by atoms with Gasteiger partial charge in [-0.15, -0.1) is 0 Å². The summed E-state index contributed by atoms with van der Waals surface area (Å²) in [5.41, 5.74) is 0.